The normalized spacial score (nSPS) is 18.3. The summed E-state index contributed by atoms with van der Waals surface area (Å²) in [7, 11) is 0. The summed E-state index contributed by atoms with van der Waals surface area (Å²) < 4.78 is 0. The molecule has 0 saturated carbocycles. The highest BCUT2D eigenvalue weighted by atomic mass is 35.5. The van der Waals surface area contributed by atoms with Crippen LogP contribution in [0.4, 0.5) is 23.0 Å². The van der Waals surface area contributed by atoms with Crippen molar-refractivity contribution in [2.75, 3.05) is 41.7 Å². The van der Waals surface area contributed by atoms with Gasteiger partial charge in [0.15, 0.2) is 0 Å². The summed E-state index contributed by atoms with van der Waals surface area (Å²) in [6.07, 6.45) is 11.1. The number of fused-ring (bicyclic) bond motifs is 1. The van der Waals surface area contributed by atoms with Gasteiger partial charge in [0.1, 0.15) is 6.04 Å². The predicted octanol–water partition coefficient (Wildman–Crippen LogP) is 6.39. The highest BCUT2D eigenvalue weighted by molar-refractivity contribution is 6.33. The van der Waals surface area contributed by atoms with Crippen molar-refractivity contribution >= 4 is 64.1 Å². The number of benzene rings is 2. The summed E-state index contributed by atoms with van der Waals surface area (Å²) in [5.41, 5.74) is 6.25. The van der Waals surface area contributed by atoms with E-state index in [1.165, 1.54) is 0 Å². The molecule has 2 aromatic carbocycles. The highest BCUT2D eigenvalue weighted by Gasteiger charge is 2.49. The zero-order valence-corrected chi connectivity index (χ0v) is 34.7. The summed E-state index contributed by atoms with van der Waals surface area (Å²) in [4.78, 5) is 87.5. The van der Waals surface area contributed by atoms with Gasteiger partial charge in [0.25, 0.3) is 5.91 Å². The smallest absolute Gasteiger partial charge is 0.255 e. The van der Waals surface area contributed by atoms with Gasteiger partial charge in [-0.3, -0.25) is 39.3 Å². The van der Waals surface area contributed by atoms with Gasteiger partial charge < -0.3 is 25.3 Å². The summed E-state index contributed by atoms with van der Waals surface area (Å²) in [6.45, 7) is 2.63. The maximum Gasteiger partial charge on any atom is 0.255 e. The van der Waals surface area contributed by atoms with Crippen LogP contribution in [-0.4, -0.2) is 91.5 Å². The summed E-state index contributed by atoms with van der Waals surface area (Å²) in [6, 6.07) is 20.4. The van der Waals surface area contributed by atoms with Crippen LogP contribution in [0.3, 0.4) is 0 Å². The van der Waals surface area contributed by atoms with Crippen LogP contribution < -0.4 is 20.9 Å². The average molecular weight is 853 g/mol. The van der Waals surface area contributed by atoms with Crippen LogP contribution in [0.2, 0.25) is 5.02 Å². The van der Waals surface area contributed by atoms with E-state index in [0.29, 0.717) is 105 Å². The molecule has 7 heterocycles. The molecule has 1 spiro atoms. The Morgan fingerprint density at radius 3 is 2.53 bits per heavy atom. The van der Waals surface area contributed by atoms with E-state index in [-0.39, 0.29) is 30.0 Å². The van der Waals surface area contributed by atoms with Crippen molar-refractivity contribution in [1.82, 2.24) is 35.1 Å². The number of amides is 5. The Labute approximate surface area is 363 Å². The first kappa shape index (κ1) is 40.7. The van der Waals surface area contributed by atoms with E-state index in [1.54, 1.807) is 40.7 Å². The van der Waals surface area contributed by atoms with Gasteiger partial charge in [0.2, 0.25) is 29.6 Å². The lowest BCUT2D eigenvalue weighted by Crippen LogP contribution is -2.52. The number of rotatable bonds is 12. The number of likely N-dealkylation sites (tertiary alicyclic amines) is 1. The number of anilines is 4. The second-order valence-corrected chi connectivity index (χ2v) is 16.7. The van der Waals surface area contributed by atoms with Gasteiger partial charge >= 0.3 is 0 Å². The minimum absolute atomic E-state index is 0.0621. The first-order chi connectivity index (χ1) is 30.1. The Hall–Kier alpha value is -6.74. The van der Waals surface area contributed by atoms with Gasteiger partial charge in [-0.25, -0.2) is 9.97 Å². The molecule has 9 rings (SSSR count). The van der Waals surface area contributed by atoms with Gasteiger partial charge in [-0.05, 0) is 86.6 Å². The Kier molecular flexibility index (Phi) is 11.4. The number of pyridine rings is 2. The van der Waals surface area contributed by atoms with Crippen LogP contribution >= 0.6 is 11.6 Å². The van der Waals surface area contributed by atoms with Crippen LogP contribution in [-0.2, 0) is 25.7 Å². The maximum atomic E-state index is 14.0. The van der Waals surface area contributed by atoms with Crippen molar-refractivity contribution in [2.24, 2.45) is 5.41 Å². The largest absolute Gasteiger partial charge is 0.385 e. The van der Waals surface area contributed by atoms with E-state index in [4.69, 9.17) is 16.6 Å². The second kappa shape index (κ2) is 17.3. The summed E-state index contributed by atoms with van der Waals surface area (Å²) >= 11 is 6.58. The van der Waals surface area contributed by atoms with E-state index >= 15 is 0 Å². The molecule has 1 atom stereocenters. The Morgan fingerprint density at radius 1 is 0.871 bits per heavy atom. The molecule has 316 valence electrons. The molecule has 5 aromatic rings. The van der Waals surface area contributed by atoms with Crippen molar-refractivity contribution in [3.8, 4) is 22.5 Å². The molecule has 15 nitrogen and oxygen atoms in total. The zero-order valence-electron chi connectivity index (χ0n) is 34.0. The number of aromatic nitrogens is 4. The van der Waals surface area contributed by atoms with Crippen LogP contribution in [0.25, 0.3) is 22.5 Å². The topological polar surface area (TPSA) is 183 Å². The lowest BCUT2D eigenvalue weighted by molar-refractivity contribution is -0.137. The first-order valence-electron chi connectivity index (χ1n) is 21.0. The molecule has 3 N–H and O–H groups in total. The molecular weight excluding hydrogens is 808 g/mol. The number of halogens is 1. The molecule has 0 aliphatic carbocycles. The van der Waals surface area contributed by atoms with Crippen molar-refractivity contribution in [3.63, 3.8) is 0 Å². The van der Waals surface area contributed by atoms with Gasteiger partial charge in [-0.1, -0.05) is 35.9 Å². The van der Waals surface area contributed by atoms with Gasteiger partial charge in [0, 0.05) is 74.1 Å². The average Bonchev–Trinajstić information content (AvgIpc) is 3.78. The number of unbranched alkanes of at least 4 members (excludes halogenated alkanes) is 1. The molecule has 1 unspecified atom stereocenters. The highest BCUT2D eigenvalue weighted by Crippen LogP contribution is 2.43. The van der Waals surface area contributed by atoms with Crippen molar-refractivity contribution in [2.45, 2.75) is 64.0 Å². The van der Waals surface area contributed by atoms with E-state index in [0.717, 1.165) is 34.5 Å². The van der Waals surface area contributed by atoms with Crippen LogP contribution in [0.5, 0.6) is 0 Å². The third-order valence-electron chi connectivity index (χ3n) is 12.4. The summed E-state index contributed by atoms with van der Waals surface area (Å²) in [5.74, 6) is -0.437. The number of carbonyl (C=O) groups excluding carboxylic acids is 5. The fraction of sp³-hybridized carbons (Fsp3) is 0.326. The lowest BCUT2D eigenvalue weighted by atomic mass is 9.77. The molecule has 16 heteroatoms. The predicted molar refractivity (Wildman–Crippen MR) is 233 cm³/mol. The fourth-order valence-corrected chi connectivity index (χ4v) is 9.15. The number of nitrogens with one attached hydrogen (secondary N) is 3. The van der Waals surface area contributed by atoms with Crippen LogP contribution in [0.1, 0.15) is 67.3 Å². The number of nitrogens with zero attached hydrogens (tertiary/aromatic N) is 7. The van der Waals surface area contributed by atoms with Gasteiger partial charge in [-0.2, -0.15) is 0 Å². The van der Waals surface area contributed by atoms with Gasteiger partial charge in [0.05, 0.1) is 51.8 Å². The molecular formula is C46H45ClN10O5. The van der Waals surface area contributed by atoms with Crippen LogP contribution in [0.15, 0.2) is 91.5 Å². The molecule has 3 saturated heterocycles. The molecule has 0 bridgehead atoms. The van der Waals surface area contributed by atoms with E-state index in [9.17, 15) is 24.0 Å². The van der Waals surface area contributed by atoms with E-state index in [1.807, 2.05) is 65.6 Å². The number of imide groups is 1. The van der Waals surface area contributed by atoms with Crippen molar-refractivity contribution < 1.29 is 24.0 Å². The third kappa shape index (κ3) is 8.32. The lowest BCUT2D eigenvalue weighted by Gasteiger charge is -2.38. The quantitative estimate of drug-likeness (QED) is 0.0935. The van der Waals surface area contributed by atoms with Gasteiger partial charge in [-0.15, -0.1) is 0 Å². The zero-order chi connectivity index (χ0) is 42.8. The maximum absolute atomic E-state index is 14.0. The molecule has 4 aliphatic rings. The Bertz CT molecular complexity index is 2560. The number of carbonyl (C=O) groups is 5. The minimum atomic E-state index is -0.646. The first-order valence-corrected chi connectivity index (χ1v) is 21.4. The molecule has 0 radical (unpaired) electrons. The SMILES string of the molecule is O=C1CCC(N2Cc3cc(NCCCCC(=O)N4CCC5(CC4)CCN(c4cncc(Nc6ncc(Cl)c(-c7cccc(-c8ccccn8)c7)n6)c4)C5=O)ccc3C2=O)C(=O)N1. The number of hydrogen-bond donors (Lipinski definition) is 3. The monoisotopic (exact) mass is 852 g/mol. The standard InChI is InChI=1S/C46H45ClN10O5/c47-36-27-51-45(54-41(36)30-7-5-6-29(22-30)37-8-1-3-18-50-37)52-33-24-34(26-48-25-33)56-21-16-46(44(56)62)14-19-55(20-15-46)40(59)9-2-4-17-49-32-10-11-35-31(23-32)28-57(43(35)61)38-12-13-39(58)53-42(38)60/h1,3,5-8,10-11,18,22-27,38,49H,2,4,9,12-17,19-21,28H2,(H,51,52,54)(H,53,58,60). The van der Waals surface area contributed by atoms with E-state index < -0.39 is 17.4 Å². The van der Waals surface area contributed by atoms with Crippen LogP contribution in [0, 0.1) is 5.41 Å². The third-order valence-corrected chi connectivity index (χ3v) is 12.7. The Morgan fingerprint density at radius 2 is 1.71 bits per heavy atom. The number of hydrogen-bond acceptors (Lipinski definition) is 11. The number of piperidine rings is 2. The van der Waals surface area contributed by atoms with Crippen molar-refractivity contribution in [3.05, 3.63) is 108 Å². The second-order valence-electron chi connectivity index (χ2n) is 16.3. The molecule has 3 fully saturated rings. The molecule has 4 aliphatic heterocycles. The molecule has 3 aromatic heterocycles. The fourth-order valence-electron chi connectivity index (χ4n) is 8.95. The van der Waals surface area contributed by atoms with Crippen molar-refractivity contribution in [1.29, 1.82) is 0 Å². The van der Waals surface area contributed by atoms with E-state index in [2.05, 4.69) is 30.9 Å². The minimum Gasteiger partial charge on any atom is -0.385 e. The Balaban J connectivity index is 0.739. The molecule has 5 amide bonds. The summed E-state index contributed by atoms with van der Waals surface area (Å²) in [5, 5.41) is 9.38. The molecule has 62 heavy (non-hydrogen) atoms.